The summed E-state index contributed by atoms with van der Waals surface area (Å²) in [4.78, 5) is 18.5. The van der Waals surface area contributed by atoms with Crippen LogP contribution in [0.3, 0.4) is 0 Å². The van der Waals surface area contributed by atoms with Crippen LogP contribution >= 0.6 is 0 Å². The lowest BCUT2D eigenvalue weighted by Gasteiger charge is -2.22. The van der Waals surface area contributed by atoms with Gasteiger partial charge in [0.2, 0.25) is 5.91 Å². The molecule has 1 amide bonds. The molecule has 1 aromatic heterocycles. The van der Waals surface area contributed by atoms with Crippen LogP contribution in [0.25, 0.3) is 10.8 Å². The van der Waals surface area contributed by atoms with Gasteiger partial charge in [-0.15, -0.1) is 0 Å². The molecule has 138 valence electrons. The topological polar surface area (TPSA) is 45.2 Å². The molecule has 0 bridgehead atoms. The minimum atomic E-state index is -0.414. The molecule has 1 N–H and O–H groups in total. The predicted octanol–water partition coefficient (Wildman–Crippen LogP) is 4.37. The number of carbonyl (C=O) groups excluding carboxylic acids is 1. The molecule has 4 rings (SSSR count). The molecule has 1 saturated carbocycles. The van der Waals surface area contributed by atoms with E-state index in [9.17, 15) is 9.18 Å². The van der Waals surface area contributed by atoms with Crippen LogP contribution in [0.5, 0.6) is 0 Å². The summed E-state index contributed by atoms with van der Waals surface area (Å²) < 4.78 is 12.9. The highest BCUT2D eigenvalue weighted by atomic mass is 19.1. The molecule has 27 heavy (non-hydrogen) atoms. The summed E-state index contributed by atoms with van der Waals surface area (Å²) in [5.41, 5.74) is 1.29. The van der Waals surface area contributed by atoms with Crippen LogP contribution < -0.4 is 5.32 Å². The molecule has 0 unspecified atom stereocenters. The van der Waals surface area contributed by atoms with Gasteiger partial charge in [-0.25, -0.2) is 9.37 Å². The van der Waals surface area contributed by atoms with Crippen molar-refractivity contribution in [2.24, 2.45) is 0 Å². The first kappa shape index (κ1) is 17.6. The minimum Gasteiger partial charge on any atom is -0.311 e. The second-order valence-electron chi connectivity index (χ2n) is 7.00. The maximum atomic E-state index is 12.9. The van der Waals surface area contributed by atoms with Gasteiger partial charge in [-0.2, -0.15) is 0 Å². The Labute approximate surface area is 158 Å². The molecule has 0 aliphatic heterocycles. The first-order chi connectivity index (χ1) is 13.2. The van der Waals surface area contributed by atoms with Crippen LogP contribution in [0.1, 0.15) is 24.8 Å². The number of carbonyl (C=O) groups is 1. The number of nitrogens with one attached hydrogen (secondary N) is 1. The Balaban J connectivity index is 1.39. The normalized spacial score (nSPS) is 13.9. The van der Waals surface area contributed by atoms with Crippen LogP contribution in [-0.2, 0) is 11.3 Å². The summed E-state index contributed by atoms with van der Waals surface area (Å²) in [6.45, 7) is 1.54. The average molecular weight is 363 g/mol. The van der Waals surface area contributed by atoms with Gasteiger partial charge in [-0.1, -0.05) is 42.5 Å². The SMILES string of the molecule is O=C(CCN(Cc1cccc2ccccc12)C1CC1)Nc1ccc(F)cn1. The number of amides is 1. The Morgan fingerprint density at radius 1 is 1.11 bits per heavy atom. The maximum absolute atomic E-state index is 12.9. The Kier molecular flexibility index (Phi) is 5.12. The summed E-state index contributed by atoms with van der Waals surface area (Å²) in [5.74, 6) is -0.130. The first-order valence-electron chi connectivity index (χ1n) is 9.31. The Morgan fingerprint density at radius 2 is 1.93 bits per heavy atom. The lowest BCUT2D eigenvalue weighted by Crippen LogP contribution is -2.29. The number of hydrogen-bond acceptors (Lipinski definition) is 3. The molecule has 0 atom stereocenters. The monoisotopic (exact) mass is 363 g/mol. The van der Waals surface area contributed by atoms with Crippen LogP contribution in [0.4, 0.5) is 10.2 Å². The Bertz CT molecular complexity index is 932. The van der Waals surface area contributed by atoms with Crippen LogP contribution in [0, 0.1) is 5.82 Å². The average Bonchev–Trinajstić information content (AvgIpc) is 3.52. The lowest BCUT2D eigenvalue weighted by molar-refractivity contribution is -0.116. The van der Waals surface area contributed by atoms with Gasteiger partial charge in [0.05, 0.1) is 6.20 Å². The molecule has 0 radical (unpaired) electrons. The van der Waals surface area contributed by atoms with E-state index in [0.717, 1.165) is 12.7 Å². The van der Waals surface area contributed by atoms with E-state index in [1.165, 1.54) is 41.3 Å². The van der Waals surface area contributed by atoms with Crippen molar-refractivity contribution in [3.63, 3.8) is 0 Å². The van der Waals surface area contributed by atoms with E-state index >= 15 is 0 Å². The number of nitrogens with zero attached hydrogens (tertiary/aromatic N) is 2. The number of halogens is 1. The molecule has 3 aromatic rings. The molecular weight excluding hydrogens is 341 g/mol. The largest absolute Gasteiger partial charge is 0.311 e. The fourth-order valence-electron chi connectivity index (χ4n) is 3.38. The summed E-state index contributed by atoms with van der Waals surface area (Å²) in [6, 6.07) is 18.1. The smallest absolute Gasteiger partial charge is 0.226 e. The molecule has 4 nitrogen and oxygen atoms in total. The van der Waals surface area contributed by atoms with Gasteiger partial charge in [-0.3, -0.25) is 9.69 Å². The molecule has 1 heterocycles. The van der Waals surface area contributed by atoms with Crippen LogP contribution in [0.15, 0.2) is 60.8 Å². The molecule has 1 fully saturated rings. The van der Waals surface area contributed by atoms with Gasteiger partial charge in [0.25, 0.3) is 0 Å². The number of fused-ring (bicyclic) bond motifs is 1. The van der Waals surface area contributed by atoms with Crippen molar-refractivity contribution in [2.45, 2.75) is 31.8 Å². The van der Waals surface area contributed by atoms with Crippen molar-refractivity contribution in [1.82, 2.24) is 9.88 Å². The molecule has 0 spiro atoms. The fourth-order valence-corrected chi connectivity index (χ4v) is 3.38. The lowest BCUT2D eigenvalue weighted by atomic mass is 10.0. The maximum Gasteiger partial charge on any atom is 0.226 e. The zero-order valence-corrected chi connectivity index (χ0v) is 15.1. The highest BCUT2D eigenvalue weighted by molar-refractivity contribution is 5.89. The van der Waals surface area contributed by atoms with Crippen LogP contribution in [-0.4, -0.2) is 28.4 Å². The summed E-state index contributed by atoms with van der Waals surface area (Å²) in [7, 11) is 0. The van der Waals surface area contributed by atoms with E-state index in [0.29, 0.717) is 24.8 Å². The number of hydrogen-bond donors (Lipinski definition) is 1. The fraction of sp³-hybridized carbons (Fsp3) is 0.273. The molecular formula is C22H22FN3O. The number of benzene rings is 2. The van der Waals surface area contributed by atoms with Gasteiger partial charge in [-0.05, 0) is 41.3 Å². The van der Waals surface area contributed by atoms with Crippen LogP contribution in [0.2, 0.25) is 0 Å². The zero-order chi connectivity index (χ0) is 18.6. The second-order valence-corrected chi connectivity index (χ2v) is 7.00. The summed E-state index contributed by atoms with van der Waals surface area (Å²) >= 11 is 0. The van der Waals surface area contributed by atoms with Gasteiger partial charge in [0.15, 0.2) is 0 Å². The van der Waals surface area contributed by atoms with Crippen molar-refractivity contribution < 1.29 is 9.18 Å². The van der Waals surface area contributed by atoms with Crippen molar-refractivity contribution in [3.05, 3.63) is 72.2 Å². The van der Waals surface area contributed by atoms with Gasteiger partial charge < -0.3 is 5.32 Å². The zero-order valence-electron chi connectivity index (χ0n) is 15.1. The van der Waals surface area contributed by atoms with E-state index in [1.54, 1.807) is 0 Å². The molecule has 1 aliphatic carbocycles. The van der Waals surface area contributed by atoms with Crippen molar-refractivity contribution >= 4 is 22.5 Å². The third kappa shape index (κ3) is 4.49. The minimum absolute atomic E-state index is 0.0994. The molecule has 2 aromatic carbocycles. The van der Waals surface area contributed by atoms with Gasteiger partial charge in [0.1, 0.15) is 11.6 Å². The van der Waals surface area contributed by atoms with E-state index in [2.05, 4.69) is 57.7 Å². The Morgan fingerprint density at radius 3 is 2.70 bits per heavy atom. The number of rotatable bonds is 7. The third-order valence-electron chi connectivity index (χ3n) is 4.94. The van der Waals surface area contributed by atoms with Crippen molar-refractivity contribution in [3.8, 4) is 0 Å². The molecule has 1 aliphatic rings. The highest BCUT2D eigenvalue weighted by Crippen LogP contribution is 2.30. The van der Waals surface area contributed by atoms with E-state index in [1.807, 2.05) is 0 Å². The standard InChI is InChI=1S/C22H22FN3O/c23-18-8-11-21(24-14-18)25-22(27)12-13-26(19-9-10-19)15-17-6-3-5-16-4-1-2-7-20(16)17/h1-8,11,14,19H,9-10,12-13,15H2,(H,24,25,27). The van der Waals surface area contributed by atoms with Crippen molar-refractivity contribution in [2.75, 3.05) is 11.9 Å². The van der Waals surface area contributed by atoms with Gasteiger partial charge in [0, 0.05) is 25.6 Å². The number of anilines is 1. The summed E-state index contributed by atoms with van der Waals surface area (Å²) in [6.07, 6.45) is 3.87. The van der Waals surface area contributed by atoms with E-state index in [-0.39, 0.29) is 5.91 Å². The second kappa shape index (κ2) is 7.84. The third-order valence-corrected chi connectivity index (χ3v) is 4.94. The van der Waals surface area contributed by atoms with E-state index in [4.69, 9.17) is 0 Å². The molecule has 5 heteroatoms. The number of aromatic nitrogens is 1. The molecule has 0 saturated heterocycles. The quantitative estimate of drug-likeness (QED) is 0.678. The Hall–Kier alpha value is -2.79. The van der Waals surface area contributed by atoms with E-state index < -0.39 is 5.82 Å². The highest BCUT2D eigenvalue weighted by Gasteiger charge is 2.29. The first-order valence-corrected chi connectivity index (χ1v) is 9.31. The van der Waals surface area contributed by atoms with Gasteiger partial charge >= 0.3 is 0 Å². The van der Waals surface area contributed by atoms with Crippen molar-refractivity contribution in [1.29, 1.82) is 0 Å². The summed E-state index contributed by atoms with van der Waals surface area (Å²) in [5, 5.41) is 5.24. The number of pyridine rings is 1. The predicted molar refractivity (Wildman–Crippen MR) is 105 cm³/mol.